The number of carbonyl (C=O) groups excluding carboxylic acids is 1. The van der Waals surface area contributed by atoms with Crippen LogP contribution >= 0.6 is 34.8 Å². The normalized spacial score (nSPS) is 17.5. The van der Waals surface area contributed by atoms with Crippen LogP contribution in [0, 0.1) is 11.3 Å². The van der Waals surface area contributed by atoms with Crippen molar-refractivity contribution >= 4 is 58.2 Å². The molecule has 2 aromatic carbocycles. The molecule has 1 unspecified atom stereocenters. The van der Waals surface area contributed by atoms with Crippen molar-refractivity contribution in [1.29, 1.82) is 5.26 Å². The third-order valence-electron chi connectivity index (χ3n) is 5.79. The van der Waals surface area contributed by atoms with E-state index in [1.165, 1.54) is 17.7 Å². The zero-order valence-corrected chi connectivity index (χ0v) is 20.9. The third-order valence-corrected chi connectivity index (χ3v) is 6.86. The van der Waals surface area contributed by atoms with Crippen LogP contribution in [0.3, 0.4) is 0 Å². The van der Waals surface area contributed by atoms with Gasteiger partial charge in [-0.1, -0.05) is 48.7 Å². The van der Waals surface area contributed by atoms with Gasteiger partial charge >= 0.3 is 0 Å². The Labute approximate surface area is 204 Å². The topological polar surface area (TPSA) is 56.1 Å². The highest BCUT2D eigenvalue weighted by Crippen LogP contribution is 2.45. The molecule has 0 fully saturated rings. The van der Waals surface area contributed by atoms with Gasteiger partial charge in [-0.25, -0.2) is 0 Å². The standard InChI is InChI=1S/C25H26Cl3N3O/c1-5-8-31-23-12-21(27)16(10-19(23)15(2)13-25(31,3)4)9-17(14-29)24(32)30-18-6-7-20(26)22(28)11-18/h6-7,9-12,15H,5,8,13H2,1-4H3,(H,30,32)/b17-9+. The molecule has 1 amide bonds. The predicted octanol–water partition coefficient (Wildman–Crippen LogP) is 7.69. The number of amides is 1. The Bertz CT molecular complexity index is 1120. The summed E-state index contributed by atoms with van der Waals surface area (Å²) in [5.74, 6) is -0.213. The summed E-state index contributed by atoms with van der Waals surface area (Å²) in [5, 5.41) is 13.5. The summed E-state index contributed by atoms with van der Waals surface area (Å²) in [6.45, 7) is 9.81. The molecule has 1 aliphatic heterocycles. The van der Waals surface area contributed by atoms with E-state index in [1.54, 1.807) is 12.1 Å². The molecule has 0 saturated heterocycles. The molecule has 168 valence electrons. The number of benzene rings is 2. The molecule has 0 saturated carbocycles. The molecule has 32 heavy (non-hydrogen) atoms. The average molecular weight is 491 g/mol. The molecule has 0 spiro atoms. The molecule has 0 bridgehead atoms. The number of nitriles is 1. The maximum absolute atomic E-state index is 12.7. The van der Waals surface area contributed by atoms with Crippen LogP contribution in [0.2, 0.25) is 15.1 Å². The van der Waals surface area contributed by atoms with Gasteiger partial charge in [0.25, 0.3) is 5.91 Å². The lowest BCUT2D eigenvalue weighted by molar-refractivity contribution is -0.112. The number of carbonyl (C=O) groups is 1. The Morgan fingerprint density at radius 1 is 1.22 bits per heavy atom. The first kappa shape index (κ1) is 24.5. The fourth-order valence-electron chi connectivity index (χ4n) is 4.35. The highest BCUT2D eigenvalue weighted by Gasteiger charge is 2.36. The van der Waals surface area contributed by atoms with Crippen LogP contribution in [0.15, 0.2) is 35.9 Å². The van der Waals surface area contributed by atoms with E-state index in [9.17, 15) is 10.1 Å². The third kappa shape index (κ3) is 5.07. The fourth-order valence-corrected chi connectivity index (χ4v) is 4.87. The summed E-state index contributed by atoms with van der Waals surface area (Å²) < 4.78 is 0. The maximum atomic E-state index is 12.7. The smallest absolute Gasteiger partial charge is 0.266 e. The minimum Gasteiger partial charge on any atom is -0.366 e. The number of nitrogens with one attached hydrogen (secondary N) is 1. The summed E-state index contributed by atoms with van der Waals surface area (Å²) in [6, 6.07) is 10.7. The van der Waals surface area contributed by atoms with Crippen LogP contribution in [0.25, 0.3) is 6.08 Å². The van der Waals surface area contributed by atoms with E-state index in [0.717, 1.165) is 25.1 Å². The largest absolute Gasteiger partial charge is 0.366 e. The van der Waals surface area contributed by atoms with Crippen molar-refractivity contribution in [1.82, 2.24) is 0 Å². The Morgan fingerprint density at radius 2 is 1.94 bits per heavy atom. The van der Waals surface area contributed by atoms with Gasteiger partial charge in [-0.2, -0.15) is 5.26 Å². The van der Waals surface area contributed by atoms with E-state index in [-0.39, 0.29) is 11.1 Å². The van der Waals surface area contributed by atoms with Gasteiger partial charge in [-0.3, -0.25) is 4.79 Å². The summed E-state index contributed by atoms with van der Waals surface area (Å²) in [5.41, 5.74) is 3.38. The molecule has 4 nitrogen and oxygen atoms in total. The van der Waals surface area contributed by atoms with E-state index < -0.39 is 5.91 Å². The second kappa shape index (κ2) is 9.75. The van der Waals surface area contributed by atoms with Crippen molar-refractivity contribution < 1.29 is 4.79 Å². The number of hydrogen-bond acceptors (Lipinski definition) is 3. The van der Waals surface area contributed by atoms with Crippen LogP contribution in [0.4, 0.5) is 11.4 Å². The van der Waals surface area contributed by atoms with Crippen LogP contribution in [-0.2, 0) is 4.79 Å². The Morgan fingerprint density at radius 3 is 2.56 bits per heavy atom. The molecular weight excluding hydrogens is 465 g/mol. The first-order valence-electron chi connectivity index (χ1n) is 10.6. The molecule has 0 aliphatic carbocycles. The lowest BCUT2D eigenvalue weighted by Gasteiger charge is -2.47. The van der Waals surface area contributed by atoms with Gasteiger partial charge in [0.1, 0.15) is 11.6 Å². The second-order valence-corrected chi connectivity index (χ2v) is 9.98. The van der Waals surface area contributed by atoms with Gasteiger partial charge < -0.3 is 10.2 Å². The van der Waals surface area contributed by atoms with Gasteiger partial charge in [0.15, 0.2) is 0 Å². The van der Waals surface area contributed by atoms with Gasteiger partial charge in [-0.05, 0) is 80.1 Å². The summed E-state index contributed by atoms with van der Waals surface area (Å²) >= 11 is 18.6. The van der Waals surface area contributed by atoms with Gasteiger partial charge in [0.2, 0.25) is 0 Å². The molecule has 1 N–H and O–H groups in total. The number of anilines is 2. The highest BCUT2D eigenvalue weighted by atomic mass is 35.5. The van der Waals surface area contributed by atoms with Crippen molar-refractivity contribution in [2.45, 2.75) is 52.0 Å². The number of nitrogens with zero attached hydrogens (tertiary/aromatic N) is 2. The second-order valence-electron chi connectivity index (χ2n) is 8.75. The zero-order valence-electron chi connectivity index (χ0n) is 18.6. The lowest BCUT2D eigenvalue weighted by Crippen LogP contribution is -2.48. The number of halogens is 3. The van der Waals surface area contributed by atoms with Crippen LogP contribution in [0.1, 0.15) is 57.6 Å². The van der Waals surface area contributed by atoms with E-state index in [0.29, 0.717) is 32.2 Å². The fraction of sp³-hybridized carbons (Fsp3) is 0.360. The molecule has 7 heteroatoms. The van der Waals surface area contributed by atoms with Crippen molar-refractivity contribution in [2.75, 3.05) is 16.8 Å². The maximum Gasteiger partial charge on any atom is 0.266 e. The molecule has 1 heterocycles. The first-order valence-corrected chi connectivity index (χ1v) is 11.7. The monoisotopic (exact) mass is 489 g/mol. The molecular formula is C25H26Cl3N3O. The van der Waals surface area contributed by atoms with Crippen LogP contribution in [0.5, 0.6) is 0 Å². The molecule has 0 radical (unpaired) electrons. The minimum absolute atomic E-state index is 0.0284. The molecule has 3 rings (SSSR count). The van der Waals surface area contributed by atoms with Crippen molar-refractivity contribution in [3.63, 3.8) is 0 Å². The highest BCUT2D eigenvalue weighted by molar-refractivity contribution is 6.42. The van der Waals surface area contributed by atoms with Crippen LogP contribution < -0.4 is 10.2 Å². The number of fused-ring (bicyclic) bond motifs is 1. The minimum atomic E-state index is -0.540. The molecule has 1 atom stereocenters. The SMILES string of the molecule is CCCN1c2cc(Cl)c(/C=C(\C#N)C(=O)Nc3ccc(Cl)c(Cl)c3)cc2C(C)CC1(C)C. The summed E-state index contributed by atoms with van der Waals surface area (Å²) in [6.07, 6.45) is 3.57. The van der Waals surface area contributed by atoms with E-state index in [1.807, 2.05) is 18.2 Å². The molecule has 2 aromatic rings. The van der Waals surface area contributed by atoms with Gasteiger partial charge in [-0.15, -0.1) is 0 Å². The average Bonchev–Trinajstić information content (AvgIpc) is 2.72. The summed E-state index contributed by atoms with van der Waals surface area (Å²) in [7, 11) is 0. The zero-order chi connectivity index (χ0) is 23.6. The Hall–Kier alpha value is -2.19. The first-order chi connectivity index (χ1) is 15.1. The van der Waals surface area contributed by atoms with E-state index >= 15 is 0 Å². The number of rotatable bonds is 5. The Kier molecular flexibility index (Phi) is 7.45. The Balaban J connectivity index is 1.96. The van der Waals surface area contributed by atoms with E-state index in [4.69, 9.17) is 34.8 Å². The van der Waals surface area contributed by atoms with Crippen molar-refractivity contribution in [3.05, 3.63) is 62.1 Å². The van der Waals surface area contributed by atoms with Crippen molar-refractivity contribution in [3.8, 4) is 6.07 Å². The number of hydrogen-bond donors (Lipinski definition) is 1. The van der Waals surface area contributed by atoms with Gasteiger partial charge in [0.05, 0.1) is 10.0 Å². The summed E-state index contributed by atoms with van der Waals surface area (Å²) in [4.78, 5) is 15.1. The molecule has 1 aliphatic rings. The molecule has 0 aromatic heterocycles. The van der Waals surface area contributed by atoms with Crippen LogP contribution in [-0.4, -0.2) is 18.0 Å². The predicted molar refractivity (Wildman–Crippen MR) is 135 cm³/mol. The lowest BCUT2D eigenvalue weighted by atomic mass is 9.79. The van der Waals surface area contributed by atoms with E-state index in [2.05, 4.69) is 37.9 Å². The van der Waals surface area contributed by atoms with Gasteiger partial charge in [0, 0.05) is 28.5 Å². The quantitative estimate of drug-likeness (QED) is 0.345. The van der Waals surface area contributed by atoms with Crippen molar-refractivity contribution in [2.24, 2.45) is 0 Å².